The van der Waals surface area contributed by atoms with E-state index in [2.05, 4.69) is 36.1 Å². The molecule has 1 saturated heterocycles. The molecule has 1 fully saturated rings. The van der Waals surface area contributed by atoms with Crippen molar-refractivity contribution >= 4 is 11.8 Å². The highest BCUT2D eigenvalue weighted by Crippen LogP contribution is 2.35. The molecule has 0 unspecified atom stereocenters. The zero-order valence-corrected chi connectivity index (χ0v) is 12.9. The van der Waals surface area contributed by atoms with Crippen LogP contribution in [0.3, 0.4) is 0 Å². The largest absolute Gasteiger partial charge is 0.354 e. The van der Waals surface area contributed by atoms with Gasteiger partial charge in [0, 0.05) is 19.6 Å². The Morgan fingerprint density at radius 2 is 2.00 bits per heavy atom. The molecule has 112 valence electrons. The third-order valence-electron chi connectivity index (χ3n) is 4.08. The zero-order chi connectivity index (χ0) is 14.8. The van der Waals surface area contributed by atoms with Gasteiger partial charge in [0.2, 0.25) is 5.95 Å². The lowest BCUT2D eigenvalue weighted by molar-refractivity contribution is 0.198. The summed E-state index contributed by atoms with van der Waals surface area (Å²) in [4.78, 5) is 10.3. The van der Waals surface area contributed by atoms with E-state index < -0.39 is 0 Å². The van der Waals surface area contributed by atoms with Crippen molar-refractivity contribution in [2.45, 2.75) is 40.5 Å². The average Bonchev–Trinajstić information content (AvgIpc) is 2.40. The highest BCUT2D eigenvalue weighted by atomic mass is 19.1. The Bertz CT molecular complexity index is 448. The van der Waals surface area contributed by atoms with E-state index in [1.165, 1.54) is 6.20 Å². The first kappa shape index (κ1) is 15.0. The number of piperidine rings is 1. The first-order valence-electron chi connectivity index (χ1n) is 7.43. The lowest BCUT2D eigenvalue weighted by atomic mass is 9.75. The fourth-order valence-corrected chi connectivity index (χ4v) is 2.78. The van der Waals surface area contributed by atoms with Crippen LogP contribution in [0.1, 0.15) is 40.5 Å². The zero-order valence-electron chi connectivity index (χ0n) is 12.9. The molecule has 1 aromatic heterocycles. The minimum absolute atomic E-state index is 0.325. The maximum absolute atomic E-state index is 13.9. The van der Waals surface area contributed by atoms with Gasteiger partial charge in [0.25, 0.3) is 0 Å². The first-order valence-corrected chi connectivity index (χ1v) is 7.43. The molecule has 20 heavy (non-hydrogen) atoms. The molecule has 0 aromatic carbocycles. The van der Waals surface area contributed by atoms with Crippen LogP contribution in [0, 0.1) is 17.2 Å². The first-order chi connectivity index (χ1) is 9.41. The van der Waals surface area contributed by atoms with Gasteiger partial charge in [0.05, 0.1) is 6.20 Å². The smallest absolute Gasteiger partial charge is 0.224 e. The van der Waals surface area contributed by atoms with Crippen LogP contribution in [0.25, 0.3) is 0 Å². The molecule has 0 amide bonds. The Morgan fingerprint density at radius 1 is 1.35 bits per heavy atom. The molecule has 2 rings (SSSR count). The molecule has 4 nitrogen and oxygen atoms in total. The van der Waals surface area contributed by atoms with E-state index in [9.17, 15) is 4.39 Å². The van der Waals surface area contributed by atoms with Gasteiger partial charge >= 0.3 is 0 Å². The average molecular weight is 280 g/mol. The van der Waals surface area contributed by atoms with Gasteiger partial charge in [0.15, 0.2) is 11.6 Å². The van der Waals surface area contributed by atoms with E-state index in [-0.39, 0.29) is 5.82 Å². The molecule has 1 aromatic rings. The van der Waals surface area contributed by atoms with Crippen molar-refractivity contribution in [2.75, 3.05) is 29.9 Å². The third kappa shape index (κ3) is 3.38. The Balaban J connectivity index is 2.08. The lowest BCUT2D eigenvalue weighted by Crippen LogP contribution is -2.39. The molecular formula is C15H25FN4. The number of hydrogen-bond acceptors (Lipinski definition) is 4. The van der Waals surface area contributed by atoms with Crippen LogP contribution < -0.4 is 10.2 Å². The maximum atomic E-state index is 13.9. The van der Waals surface area contributed by atoms with E-state index in [0.29, 0.717) is 23.1 Å². The monoisotopic (exact) mass is 280 g/mol. The summed E-state index contributed by atoms with van der Waals surface area (Å²) in [5.74, 6) is 1.29. The number of hydrogen-bond donors (Lipinski definition) is 1. The van der Waals surface area contributed by atoms with Crippen molar-refractivity contribution in [2.24, 2.45) is 11.3 Å². The van der Waals surface area contributed by atoms with Crippen molar-refractivity contribution < 1.29 is 4.39 Å². The third-order valence-corrected chi connectivity index (χ3v) is 4.08. The summed E-state index contributed by atoms with van der Waals surface area (Å²) in [6.07, 6.45) is 3.43. The molecule has 0 aliphatic carbocycles. The molecular weight excluding hydrogens is 255 g/mol. The van der Waals surface area contributed by atoms with Crippen LogP contribution in [0.4, 0.5) is 16.2 Å². The number of aromatic nitrogens is 2. The summed E-state index contributed by atoms with van der Waals surface area (Å²) in [6.45, 7) is 11.3. The molecule has 1 aliphatic heterocycles. The molecule has 1 N–H and O–H groups in total. The summed E-state index contributed by atoms with van der Waals surface area (Å²) < 4.78 is 13.9. The quantitative estimate of drug-likeness (QED) is 0.922. The van der Waals surface area contributed by atoms with Crippen LogP contribution in [0.5, 0.6) is 0 Å². The maximum Gasteiger partial charge on any atom is 0.224 e. The second-order valence-electron chi connectivity index (χ2n) is 6.52. The van der Waals surface area contributed by atoms with Crippen LogP contribution in [-0.2, 0) is 0 Å². The molecule has 0 atom stereocenters. The van der Waals surface area contributed by atoms with Gasteiger partial charge in [-0.15, -0.1) is 0 Å². The molecule has 0 spiro atoms. The number of nitrogens with zero attached hydrogens (tertiary/aromatic N) is 3. The second kappa shape index (κ2) is 5.94. The highest BCUT2D eigenvalue weighted by Gasteiger charge is 2.30. The Morgan fingerprint density at radius 3 is 2.55 bits per heavy atom. The van der Waals surface area contributed by atoms with Crippen LogP contribution in [0.15, 0.2) is 6.20 Å². The molecule has 0 saturated carbocycles. The van der Waals surface area contributed by atoms with Gasteiger partial charge in [-0.25, -0.2) is 9.37 Å². The minimum atomic E-state index is -0.333. The number of nitrogens with one attached hydrogen (secondary N) is 1. The number of halogens is 1. The summed E-state index contributed by atoms with van der Waals surface area (Å²) in [6, 6.07) is 0. The molecule has 2 heterocycles. The highest BCUT2D eigenvalue weighted by molar-refractivity contribution is 5.44. The van der Waals surface area contributed by atoms with Gasteiger partial charge in [-0.05, 0) is 31.1 Å². The van der Waals surface area contributed by atoms with Gasteiger partial charge in [-0.1, -0.05) is 20.8 Å². The fraction of sp³-hybridized carbons (Fsp3) is 0.733. The molecule has 0 radical (unpaired) electrons. The molecule has 0 bridgehead atoms. The van der Waals surface area contributed by atoms with Crippen LogP contribution in [0.2, 0.25) is 0 Å². The van der Waals surface area contributed by atoms with Gasteiger partial charge in [-0.3, -0.25) is 0 Å². The summed E-state index contributed by atoms with van der Waals surface area (Å²) in [5, 5.41) is 3.03. The Hall–Kier alpha value is -1.39. The number of anilines is 2. The normalized spacial score (nSPS) is 17.4. The molecule has 5 heteroatoms. The van der Waals surface area contributed by atoms with Gasteiger partial charge < -0.3 is 10.2 Å². The van der Waals surface area contributed by atoms with Gasteiger partial charge in [0.1, 0.15) is 0 Å². The van der Waals surface area contributed by atoms with E-state index in [1.807, 2.05) is 11.8 Å². The predicted octanol–water partition coefficient (Wildman–Crippen LogP) is 3.31. The van der Waals surface area contributed by atoms with Crippen molar-refractivity contribution in [3.8, 4) is 0 Å². The van der Waals surface area contributed by atoms with Crippen molar-refractivity contribution in [3.05, 3.63) is 12.0 Å². The van der Waals surface area contributed by atoms with Crippen molar-refractivity contribution in [1.82, 2.24) is 9.97 Å². The standard InChI is InChI=1S/C15H25FN4/c1-5-17-14-18-10-12(16)13(19-14)20-8-6-11(7-9-20)15(2,3)4/h10-11H,5-9H2,1-4H3,(H,17,18,19). The van der Waals surface area contributed by atoms with Gasteiger partial charge in [-0.2, -0.15) is 4.98 Å². The summed E-state index contributed by atoms with van der Waals surface area (Å²) in [5.41, 5.74) is 0.325. The summed E-state index contributed by atoms with van der Waals surface area (Å²) >= 11 is 0. The van der Waals surface area contributed by atoms with E-state index in [0.717, 1.165) is 32.5 Å². The SMILES string of the molecule is CCNc1ncc(F)c(N2CCC(C(C)(C)C)CC2)n1. The Labute approximate surface area is 120 Å². The summed E-state index contributed by atoms with van der Waals surface area (Å²) in [7, 11) is 0. The minimum Gasteiger partial charge on any atom is -0.354 e. The van der Waals surface area contributed by atoms with Crippen LogP contribution in [-0.4, -0.2) is 29.6 Å². The second-order valence-corrected chi connectivity index (χ2v) is 6.52. The van der Waals surface area contributed by atoms with E-state index >= 15 is 0 Å². The van der Waals surface area contributed by atoms with E-state index in [4.69, 9.17) is 0 Å². The fourth-order valence-electron chi connectivity index (χ4n) is 2.78. The van der Waals surface area contributed by atoms with Crippen LogP contribution >= 0.6 is 0 Å². The predicted molar refractivity (Wildman–Crippen MR) is 80.5 cm³/mol. The van der Waals surface area contributed by atoms with E-state index in [1.54, 1.807) is 0 Å². The topological polar surface area (TPSA) is 41.1 Å². The van der Waals surface area contributed by atoms with Crippen molar-refractivity contribution in [3.63, 3.8) is 0 Å². The lowest BCUT2D eigenvalue weighted by Gasteiger charge is -2.39. The number of rotatable bonds is 3. The molecule has 1 aliphatic rings. The van der Waals surface area contributed by atoms with Crippen molar-refractivity contribution in [1.29, 1.82) is 0 Å². The Kier molecular flexibility index (Phi) is 4.45.